The van der Waals surface area contributed by atoms with Crippen molar-refractivity contribution in [2.24, 2.45) is 0 Å². The summed E-state index contributed by atoms with van der Waals surface area (Å²) in [5.74, 6) is 1.11. The first-order valence-electron chi connectivity index (χ1n) is 8.49. The zero-order valence-corrected chi connectivity index (χ0v) is 14.9. The van der Waals surface area contributed by atoms with E-state index in [9.17, 15) is 4.79 Å². The molecule has 0 bridgehead atoms. The monoisotopic (exact) mass is 340 g/mol. The van der Waals surface area contributed by atoms with E-state index < -0.39 is 0 Å². The lowest BCUT2D eigenvalue weighted by Crippen LogP contribution is -2.43. The maximum absolute atomic E-state index is 12.6. The molecule has 1 saturated heterocycles. The predicted molar refractivity (Wildman–Crippen MR) is 100 cm³/mol. The first-order valence-corrected chi connectivity index (χ1v) is 9.48. The average molecular weight is 340 g/mol. The molecule has 2 aromatic carbocycles. The summed E-state index contributed by atoms with van der Waals surface area (Å²) < 4.78 is 0. The Morgan fingerprint density at radius 2 is 1.75 bits per heavy atom. The lowest BCUT2D eigenvalue weighted by atomic mass is 10.0. The number of nitrogens with zero attached hydrogens (tertiary/aromatic N) is 1. The molecule has 3 nitrogen and oxygen atoms in total. The molecule has 0 radical (unpaired) electrons. The van der Waals surface area contributed by atoms with Gasteiger partial charge in [-0.15, -0.1) is 11.8 Å². The number of rotatable bonds is 5. The Hall–Kier alpha value is -1.78. The van der Waals surface area contributed by atoms with Crippen LogP contribution in [-0.4, -0.2) is 37.0 Å². The van der Waals surface area contributed by atoms with E-state index in [0.717, 1.165) is 37.2 Å². The Balaban J connectivity index is 1.55. The molecule has 0 unspecified atom stereocenters. The molecule has 24 heavy (non-hydrogen) atoms. The number of thioether (sulfide) groups is 1. The fourth-order valence-electron chi connectivity index (χ4n) is 2.99. The zero-order chi connectivity index (χ0) is 16.8. The van der Waals surface area contributed by atoms with Gasteiger partial charge < -0.3 is 10.2 Å². The average Bonchev–Trinajstić information content (AvgIpc) is 2.67. The number of carbonyl (C=O) groups is 1. The molecule has 1 fully saturated rings. The fraction of sp³-hybridized carbons (Fsp3) is 0.350. The summed E-state index contributed by atoms with van der Waals surface area (Å²) in [6, 6.07) is 19.0. The number of carbonyl (C=O) groups excluding carboxylic acids is 1. The maximum Gasteiger partial charge on any atom is 0.253 e. The predicted octanol–water partition coefficient (Wildman–Crippen LogP) is 3.80. The van der Waals surface area contributed by atoms with Gasteiger partial charge >= 0.3 is 0 Å². The minimum absolute atomic E-state index is 0.157. The quantitative estimate of drug-likeness (QED) is 0.840. The summed E-state index contributed by atoms with van der Waals surface area (Å²) in [5.41, 5.74) is 2.11. The molecule has 0 saturated carbocycles. The molecule has 0 aromatic heterocycles. The molecule has 0 atom stereocenters. The van der Waals surface area contributed by atoms with Crippen LogP contribution in [0.2, 0.25) is 0 Å². The van der Waals surface area contributed by atoms with Gasteiger partial charge in [-0.25, -0.2) is 0 Å². The Kier molecular flexibility index (Phi) is 5.94. The molecule has 1 heterocycles. The fourth-order valence-corrected chi connectivity index (χ4v) is 3.84. The second-order valence-corrected chi connectivity index (χ2v) is 7.20. The van der Waals surface area contributed by atoms with Crippen molar-refractivity contribution < 1.29 is 4.79 Å². The van der Waals surface area contributed by atoms with Crippen LogP contribution < -0.4 is 5.32 Å². The lowest BCUT2D eigenvalue weighted by Gasteiger charge is -2.31. The van der Waals surface area contributed by atoms with Gasteiger partial charge in [0.2, 0.25) is 0 Å². The second-order valence-electron chi connectivity index (χ2n) is 6.15. The number of benzene rings is 2. The van der Waals surface area contributed by atoms with Crippen molar-refractivity contribution >= 4 is 17.7 Å². The molecule has 2 aromatic rings. The van der Waals surface area contributed by atoms with Crippen molar-refractivity contribution in [3.05, 3.63) is 65.7 Å². The van der Waals surface area contributed by atoms with Crippen LogP contribution in [0, 0.1) is 0 Å². The highest BCUT2D eigenvalue weighted by molar-refractivity contribution is 7.98. The van der Waals surface area contributed by atoms with Crippen LogP contribution in [0.4, 0.5) is 0 Å². The molecule has 0 aliphatic carbocycles. The van der Waals surface area contributed by atoms with Crippen LogP contribution >= 0.6 is 11.8 Å². The van der Waals surface area contributed by atoms with Gasteiger partial charge in [0.25, 0.3) is 5.91 Å². The van der Waals surface area contributed by atoms with E-state index in [0.29, 0.717) is 6.04 Å². The summed E-state index contributed by atoms with van der Waals surface area (Å²) in [5, 5.41) is 3.30. The number of amides is 1. The van der Waals surface area contributed by atoms with Gasteiger partial charge in [-0.05, 0) is 49.7 Å². The first kappa shape index (κ1) is 17.1. The molecule has 1 N–H and O–H groups in total. The lowest BCUT2D eigenvalue weighted by molar-refractivity contribution is 0.0707. The highest BCUT2D eigenvalue weighted by Gasteiger charge is 2.22. The zero-order valence-electron chi connectivity index (χ0n) is 14.1. The van der Waals surface area contributed by atoms with Crippen molar-refractivity contribution in [2.75, 3.05) is 20.1 Å². The molecular weight excluding hydrogens is 316 g/mol. The van der Waals surface area contributed by atoms with Gasteiger partial charge in [-0.1, -0.05) is 30.3 Å². The minimum atomic E-state index is 0.157. The standard InChI is InChI=1S/C20H24N2OS/c1-21-18-11-13-22(14-12-18)20(23)17-7-9-19(10-8-17)24-15-16-5-3-2-4-6-16/h2-10,18,21H,11-15H2,1H3. The van der Waals surface area contributed by atoms with E-state index in [1.807, 2.05) is 30.1 Å². The van der Waals surface area contributed by atoms with Gasteiger partial charge in [0.1, 0.15) is 0 Å². The molecule has 3 rings (SSSR count). The van der Waals surface area contributed by atoms with Crippen LogP contribution in [0.5, 0.6) is 0 Å². The molecule has 4 heteroatoms. The van der Waals surface area contributed by atoms with Crippen LogP contribution in [-0.2, 0) is 5.75 Å². The molecule has 126 valence electrons. The number of likely N-dealkylation sites (tertiary alicyclic amines) is 1. The highest BCUT2D eigenvalue weighted by Crippen LogP contribution is 2.23. The number of hydrogen-bond acceptors (Lipinski definition) is 3. The van der Waals surface area contributed by atoms with Crippen molar-refractivity contribution in [1.82, 2.24) is 10.2 Å². The van der Waals surface area contributed by atoms with Crippen molar-refractivity contribution in [2.45, 2.75) is 29.5 Å². The van der Waals surface area contributed by atoms with Crippen LogP contribution in [0.25, 0.3) is 0 Å². The van der Waals surface area contributed by atoms with E-state index >= 15 is 0 Å². The van der Waals surface area contributed by atoms with E-state index in [1.54, 1.807) is 11.8 Å². The molecule has 1 amide bonds. The summed E-state index contributed by atoms with van der Waals surface area (Å²) in [4.78, 5) is 15.8. The van der Waals surface area contributed by atoms with E-state index in [4.69, 9.17) is 0 Å². The number of hydrogen-bond donors (Lipinski definition) is 1. The molecule has 1 aliphatic heterocycles. The third-order valence-electron chi connectivity index (χ3n) is 4.54. The first-order chi connectivity index (χ1) is 11.8. The van der Waals surface area contributed by atoms with Gasteiger partial charge in [-0.2, -0.15) is 0 Å². The van der Waals surface area contributed by atoms with Crippen molar-refractivity contribution in [3.8, 4) is 0 Å². The maximum atomic E-state index is 12.6. The number of piperidine rings is 1. The van der Waals surface area contributed by atoms with Crippen LogP contribution in [0.15, 0.2) is 59.5 Å². The molecule has 0 spiro atoms. The Morgan fingerprint density at radius 3 is 2.38 bits per heavy atom. The third kappa shape index (κ3) is 4.40. The highest BCUT2D eigenvalue weighted by atomic mass is 32.2. The normalized spacial score (nSPS) is 15.5. The van der Waals surface area contributed by atoms with Gasteiger partial charge in [0, 0.05) is 35.3 Å². The molecule has 1 aliphatic rings. The summed E-state index contributed by atoms with van der Waals surface area (Å²) >= 11 is 1.80. The van der Waals surface area contributed by atoms with Crippen LogP contribution in [0.3, 0.4) is 0 Å². The summed E-state index contributed by atoms with van der Waals surface area (Å²) in [6.45, 7) is 1.68. The Morgan fingerprint density at radius 1 is 1.08 bits per heavy atom. The third-order valence-corrected chi connectivity index (χ3v) is 5.62. The number of nitrogens with one attached hydrogen (secondary N) is 1. The van der Waals surface area contributed by atoms with Gasteiger partial charge in [-0.3, -0.25) is 4.79 Å². The largest absolute Gasteiger partial charge is 0.339 e. The van der Waals surface area contributed by atoms with E-state index in [2.05, 4.69) is 41.7 Å². The van der Waals surface area contributed by atoms with E-state index in [-0.39, 0.29) is 5.91 Å². The van der Waals surface area contributed by atoms with Crippen molar-refractivity contribution in [1.29, 1.82) is 0 Å². The second kappa shape index (κ2) is 8.36. The summed E-state index contributed by atoms with van der Waals surface area (Å²) in [6.07, 6.45) is 2.07. The minimum Gasteiger partial charge on any atom is -0.339 e. The smallest absolute Gasteiger partial charge is 0.253 e. The summed E-state index contributed by atoms with van der Waals surface area (Å²) in [7, 11) is 1.99. The molecular formula is C20H24N2OS. The van der Waals surface area contributed by atoms with Gasteiger partial charge in [0.15, 0.2) is 0 Å². The SMILES string of the molecule is CNC1CCN(C(=O)c2ccc(SCc3ccccc3)cc2)CC1. The van der Waals surface area contributed by atoms with E-state index in [1.165, 1.54) is 10.5 Å². The van der Waals surface area contributed by atoms with Gasteiger partial charge in [0.05, 0.1) is 0 Å². The Labute approximate surface area is 148 Å². The topological polar surface area (TPSA) is 32.3 Å². The Bertz CT molecular complexity index is 649. The van der Waals surface area contributed by atoms with Crippen molar-refractivity contribution in [3.63, 3.8) is 0 Å². The van der Waals surface area contributed by atoms with Crippen LogP contribution in [0.1, 0.15) is 28.8 Å².